The van der Waals surface area contributed by atoms with Crippen LogP contribution in [0.25, 0.3) is 0 Å². The van der Waals surface area contributed by atoms with Gasteiger partial charge in [-0.05, 0) is 25.7 Å². The van der Waals surface area contributed by atoms with Crippen LogP contribution in [0.2, 0.25) is 0 Å². The molecule has 2 rings (SSSR count). The van der Waals surface area contributed by atoms with E-state index >= 15 is 0 Å². The van der Waals surface area contributed by atoms with Crippen LogP contribution in [0.5, 0.6) is 0 Å². The summed E-state index contributed by atoms with van der Waals surface area (Å²) in [6.07, 6.45) is 10.2. The molecular formula is C14H22N2O3. The molecule has 19 heavy (non-hydrogen) atoms. The second-order valence-electron chi connectivity index (χ2n) is 5.45. The highest BCUT2D eigenvalue weighted by Crippen LogP contribution is 2.23. The Morgan fingerprint density at radius 2 is 1.68 bits per heavy atom. The van der Waals surface area contributed by atoms with Crippen LogP contribution in [0.1, 0.15) is 44.9 Å². The van der Waals surface area contributed by atoms with Gasteiger partial charge in [0.15, 0.2) is 0 Å². The molecule has 1 fully saturated rings. The van der Waals surface area contributed by atoms with Gasteiger partial charge in [-0.1, -0.05) is 31.4 Å². The number of carbonyl (C=O) groups excluding carboxylic acids is 1. The molecule has 2 aliphatic rings. The Bertz CT molecular complexity index is 360. The zero-order valence-electron chi connectivity index (χ0n) is 11.1. The summed E-state index contributed by atoms with van der Waals surface area (Å²) in [5.41, 5.74) is 0. The van der Waals surface area contributed by atoms with E-state index in [4.69, 9.17) is 0 Å². The summed E-state index contributed by atoms with van der Waals surface area (Å²) in [5, 5.41) is 15.0. The van der Waals surface area contributed by atoms with Crippen molar-refractivity contribution in [3.05, 3.63) is 12.2 Å². The maximum absolute atomic E-state index is 11.9. The minimum absolute atomic E-state index is 0.161. The zero-order chi connectivity index (χ0) is 13.7. The molecule has 2 atom stereocenters. The van der Waals surface area contributed by atoms with E-state index in [1.165, 1.54) is 0 Å². The monoisotopic (exact) mass is 266 g/mol. The standard InChI is InChI=1S/C14H22N2O3/c17-13(18)11-8-2-1-3-9-12(11)16-14(19)15-10-6-4-5-7-10/h4-5,10-12H,1-3,6-9H2,(H,17,18)(H2,15,16,19). The maximum atomic E-state index is 11.9. The van der Waals surface area contributed by atoms with E-state index in [-0.39, 0.29) is 18.1 Å². The van der Waals surface area contributed by atoms with Gasteiger partial charge in [-0.3, -0.25) is 4.79 Å². The lowest BCUT2D eigenvalue weighted by atomic mass is 9.95. The Morgan fingerprint density at radius 1 is 1.00 bits per heavy atom. The molecule has 2 amide bonds. The Hall–Kier alpha value is -1.52. The fourth-order valence-electron chi connectivity index (χ4n) is 2.91. The van der Waals surface area contributed by atoms with E-state index in [0.717, 1.165) is 38.5 Å². The topological polar surface area (TPSA) is 78.4 Å². The molecule has 2 unspecified atom stereocenters. The predicted octanol–water partition coefficient (Wildman–Crippen LogP) is 2.04. The molecule has 1 saturated carbocycles. The first-order chi connectivity index (χ1) is 9.16. The number of urea groups is 1. The van der Waals surface area contributed by atoms with Crippen molar-refractivity contribution in [3.8, 4) is 0 Å². The summed E-state index contributed by atoms with van der Waals surface area (Å²) in [4.78, 5) is 23.2. The minimum Gasteiger partial charge on any atom is -0.481 e. The molecular weight excluding hydrogens is 244 g/mol. The molecule has 0 aromatic carbocycles. The average molecular weight is 266 g/mol. The summed E-state index contributed by atoms with van der Waals surface area (Å²) in [7, 11) is 0. The molecule has 0 saturated heterocycles. The van der Waals surface area contributed by atoms with Crippen LogP contribution in [-0.2, 0) is 4.79 Å². The second-order valence-corrected chi connectivity index (χ2v) is 5.45. The Kier molecular flexibility index (Phi) is 4.82. The molecule has 3 N–H and O–H groups in total. The molecule has 2 aliphatic carbocycles. The van der Waals surface area contributed by atoms with Gasteiger partial charge in [-0.2, -0.15) is 0 Å². The SMILES string of the molecule is O=C(NC1CC=CC1)NC1CCCCCC1C(=O)O. The summed E-state index contributed by atoms with van der Waals surface area (Å²) < 4.78 is 0. The largest absolute Gasteiger partial charge is 0.481 e. The average Bonchev–Trinajstić information content (AvgIpc) is 2.73. The van der Waals surface area contributed by atoms with Crippen molar-refractivity contribution in [2.75, 3.05) is 0 Å². The van der Waals surface area contributed by atoms with Crippen LogP contribution in [-0.4, -0.2) is 29.2 Å². The number of hydrogen-bond donors (Lipinski definition) is 3. The molecule has 0 radical (unpaired) electrons. The fourth-order valence-corrected chi connectivity index (χ4v) is 2.91. The Balaban J connectivity index is 1.86. The third kappa shape index (κ3) is 3.98. The van der Waals surface area contributed by atoms with Crippen LogP contribution in [0.3, 0.4) is 0 Å². The molecule has 0 aromatic rings. The van der Waals surface area contributed by atoms with E-state index < -0.39 is 11.9 Å². The minimum atomic E-state index is -0.797. The summed E-state index contributed by atoms with van der Waals surface area (Å²) in [6, 6.07) is -0.310. The van der Waals surface area contributed by atoms with Crippen molar-refractivity contribution in [2.24, 2.45) is 5.92 Å². The summed E-state index contributed by atoms with van der Waals surface area (Å²) in [5.74, 6) is -1.25. The molecule has 5 heteroatoms. The highest BCUT2D eigenvalue weighted by molar-refractivity contribution is 5.77. The van der Waals surface area contributed by atoms with Crippen LogP contribution in [0, 0.1) is 5.92 Å². The number of aliphatic carboxylic acids is 1. The van der Waals surface area contributed by atoms with Gasteiger partial charge >= 0.3 is 12.0 Å². The number of nitrogens with one attached hydrogen (secondary N) is 2. The number of amides is 2. The molecule has 106 valence electrons. The Labute approximate surface area is 113 Å². The van der Waals surface area contributed by atoms with Crippen molar-refractivity contribution in [3.63, 3.8) is 0 Å². The van der Waals surface area contributed by atoms with E-state index in [1.54, 1.807) is 0 Å². The zero-order valence-corrected chi connectivity index (χ0v) is 11.1. The van der Waals surface area contributed by atoms with Gasteiger partial charge in [-0.25, -0.2) is 4.79 Å². The van der Waals surface area contributed by atoms with Crippen LogP contribution in [0.15, 0.2) is 12.2 Å². The Morgan fingerprint density at radius 3 is 2.37 bits per heavy atom. The number of carboxylic acids is 1. The third-order valence-electron chi connectivity index (χ3n) is 3.99. The highest BCUT2D eigenvalue weighted by Gasteiger charge is 2.30. The van der Waals surface area contributed by atoms with Gasteiger partial charge in [0.25, 0.3) is 0 Å². The van der Waals surface area contributed by atoms with Gasteiger partial charge < -0.3 is 15.7 Å². The van der Waals surface area contributed by atoms with E-state index in [2.05, 4.69) is 22.8 Å². The van der Waals surface area contributed by atoms with Crippen molar-refractivity contribution >= 4 is 12.0 Å². The van der Waals surface area contributed by atoms with Crippen molar-refractivity contribution in [2.45, 2.75) is 57.0 Å². The normalized spacial score (nSPS) is 27.8. The number of hydrogen-bond acceptors (Lipinski definition) is 2. The first kappa shape index (κ1) is 13.9. The summed E-state index contributed by atoms with van der Waals surface area (Å²) in [6.45, 7) is 0. The fraction of sp³-hybridized carbons (Fsp3) is 0.714. The molecule has 0 spiro atoms. The van der Waals surface area contributed by atoms with Gasteiger partial charge in [-0.15, -0.1) is 0 Å². The number of carboxylic acid groups (broad SMARTS) is 1. The molecule has 5 nitrogen and oxygen atoms in total. The smallest absolute Gasteiger partial charge is 0.315 e. The summed E-state index contributed by atoms with van der Waals surface area (Å²) >= 11 is 0. The van der Waals surface area contributed by atoms with Crippen molar-refractivity contribution in [1.82, 2.24) is 10.6 Å². The number of rotatable bonds is 3. The quantitative estimate of drug-likeness (QED) is 0.540. The lowest BCUT2D eigenvalue weighted by Gasteiger charge is -2.24. The van der Waals surface area contributed by atoms with Crippen molar-refractivity contribution < 1.29 is 14.7 Å². The van der Waals surface area contributed by atoms with E-state index in [9.17, 15) is 14.7 Å². The van der Waals surface area contributed by atoms with Gasteiger partial charge in [0.05, 0.1) is 5.92 Å². The second kappa shape index (κ2) is 6.59. The van der Waals surface area contributed by atoms with Crippen LogP contribution in [0.4, 0.5) is 4.79 Å². The molecule has 0 aliphatic heterocycles. The molecule has 0 bridgehead atoms. The van der Waals surface area contributed by atoms with Gasteiger partial charge in [0.2, 0.25) is 0 Å². The molecule has 0 aromatic heterocycles. The maximum Gasteiger partial charge on any atom is 0.315 e. The van der Waals surface area contributed by atoms with E-state index in [0.29, 0.717) is 6.42 Å². The first-order valence-electron chi connectivity index (χ1n) is 7.11. The van der Waals surface area contributed by atoms with Gasteiger partial charge in [0.1, 0.15) is 0 Å². The van der Waals surface area contributed by atoms with Crippen LogP contribution < -0.4 is 10.6 Å². The highest BCUT2D eigenvalue weighted by atomic mass is 16.4. The van der Waals surface area contributed by atoms with Gasteiger partial charge in [0, 0.05) is 12.1 Å². The molecule has 0 heterocycles. The van der Waals surface area contributed by atoms with Crippen LogP contribution >= 0.6 is 0 Å². The third-order valence-corrected chi connectivity index (χ3v) is 3.99. The van der Waals surface area contributed by atoms with E-state index in [1.807, 2.05) is 0 Å². The van der Waals surface area contributed by atoms with Crippen molar-refractivity contribution in [1.29, 1.82) is 0 Å². The number of carbonyl (C=O) groups is 2. The lowest BCUT2D eigenvalue weighted by Crippen LogP contribution is -2.49. The predicted molar refractivity (Wildman–Crippen MR) is 71.8 cm³/mol. The lowest BCUT2D eigenvalue weighted by molar-refractivity contribution is -0.142. The first-order valence-corrected chi connectivity index (χ1v) is 7.11.